The Kier molecular flexibility index (Phi) is 5.49. The molecule has 2 aromatic carbocycles. The molecule has 0 aromatic heterocycles. The highest BCUT2D eigenvalue weighted by molar-refractivity contribution is 7.99. The van der Waals surface area contributed by atoms with Gasteiger partial charge in [-0.25, -0.2) is 0 Å². The molecule has 0 fully saturated rings. The lowest BCUT2D eigenvalue weighted by Gasteiger charge is -2.15. The van der Waals surface area contributed by atoms with Gasteiger partial charge in [-0.2, -0.15) is 0 Å². The van der Waals surface area contributed by atoms with Crippen molar-refractivity contribution in [3.05, 3.63) is 58.7 Å². The molecule has 0 aliphatic carbocycles. The van der Waals surface area contributed by atoms with Gasteiger partial charge in [0, 0.05) is 15.8 Å². The number of hydrogen-bond donors (Lipinski definition) is 1. The van der Waals surface area contributed by atoms with E-state index in [1.54, 1.807) is 0 Å². The fraction of sp³-hybridized carbons (Fsp3) is 0.368. The van der Waals surface area contributed by atoms with Crippen LogP contribution in [0.2, 0.25) is 0 Å². The first-order valence-electron chi connectivity index (χ1n) is 7.59. The summed E-state index contributed by atoms with van der Waals surface area (Å²) in [4.78, 5) is 2.67. The molecule has 0 saturated heterocycles. The summed E-state index contributed by atoms with van der Waals surface area (Å²) >= 11 is 1.86. The summed E-state index contributed by atoms with van der Waals surface area (Å²) in [5.41, 5.74) is 11.5. The quantitative estimate of drug-likeness (QED) is 0.836. The molecule has 112 valence electrons. The van der Waals surface area contributed by atoms with E-state index in [0.717, 1.165) is 12.8 Å². The maximum Gasteiger partial charge on any atom is 0.0155 e. The molecule has 2 rings (SSSR count). The van der Waals surface area contributed by atoms with Crippen molar-refractivity contribution in [2.75, 3.05) is 0 Å². The highest BCUT2D eigenvalue weighted by atomic mass is 32.2. The summed E-state index contributed by atoms with van der Waals surface area (Å²) in [7, 11) is 0. The van der Waals surface area contributed by atoms with E-state index < -0.39 is 0 Å². The first-order chi connectivity index (χ1) is 9.99. The second-order valence-electron chi connectivity index (χ2n) is 5.85. The van der Waals surface area contributed by atoms with Crippen LogP contribution >= 0.6 is 11.8 Å². The maximum atomic E-state index is 6.16. The number of rotatable bonds is 5. The lowest BCUT2D eigenvalue weighted by atomic mass is 10.0. The first kappa shape index (κ1) is 16.1. The Morgan fingerprint density at radius 1 is 0.952 bits per heavy atom. The van der Waals surface area contributed by atoms with Crippen molar-refractivity contribution >= 4 is 11.8 Å². The van der Waals surface area contributed by atoms with Crippen molar-refractivity contribution in [2.45, 2.75) is 56.4 Å². The molecule has 0 heterocycles. The average Bonchev–Trinajstić information content (AvgIpc) is 2.45. The molecule has 2 aromatic rings. The third kappa shape index (κ3) is 4.36. The van der Waals surface area contributed by atoms with Gasteiger partial charge in [-0.3, -0.25) is 0 Å². The van der Waals surface area contributed by atoms with Gasteiger partial charge in [-0.15, -0.1) is 0 Å². The molecule has 0 radical (unpaired) electrons. The molecule has 1 unspecified atom stereocenters. The normalized spacial score (nSPS) is 12.4. The minimum Gasteiger partial charge on any atom is -0.327 e. The average molecular weight is 299 g/mol. The lowest BCUT2D eigenvalue weighted by Crippen LogP contribution is -2.21. The van der Waals surface area contributed by atoms with E-state index in [2.05, 4.69) is 64.1 Å². The number of aryl methyl sites for hydroxylation is 3. The molecule has 0 spiro atoms. The summed E-state index contributed by atoms with van der Waals surface area (Å²) in [5.74, 6) is 0. The van der Waals surface area contributed by atoms with Gasteiger partial charge in [0.1, 0.15) is 0 Å². The van der Waals surface area contributed by atoms with Crippen molar-refractivity contribution in [3.63, 3.8) is 0 Å². The maximum absolute atomic E-state index is 6.16. The smallest absolute Gasteiger partial charge is 0.0155 e. The Morgan fingerprint density at radius 3 is 2.33 bits per heavy atom. The highest BCUT2D eigenvalue weighted by Crippen LogP contribution is 2.34. The Morgan fingerprint density at radius 2 is 1.62 bits per heavy atom. The minimum atomic E-state index is 0.241. The highest BCUT2D eigenvalue weighted by Gasteiger charge is 2.10. The van der Waals surface area contributed by atoms with Crippen LogP contribution in [-0.2, 0) is 6.42 Å². The second-order valence-corrected chi connectivity index (χ2v) is 6.94. The van der Waals surface area contributed by atoms with E-state index in [4.69, 9.17) is 5.73 Å². The standard InChI is InChI=1S/C19H25NS/c1-5-17(20)12-16-10-13(2)7-9-18(16)21-19-11-14(3)6-8-15(19)4/h6-11,17H,5,12,20H2,1-4H3. The van der Waals surface area contributed by atoms with Crippen LogP contribution in [-0.4, -0.2) is 6.04 Å². The fourth-order valence-electron chi connectivity index (χ4n) is 2.33. The Labute approximate surface area is 133 Å². The van der Waals surface area contributed by atoms with E-state index >= 15 is 0 Å². The molecule has 0 aliphatic rings. The number of hydrogen-bond acceptors (Lipinski definition) is 2. The monoisotopic (exact) mass is 299 g/mol. The van der Waals surface area contributed by atoms with Crippen molar-refractivity contribution in [2.24, 2.45) is 5.73 Å². The van der Waals surface area contributed by atoms with Crippen LogP contribution in [0.1, 0.15) is 35.6 Å². The lowest BCUT2D eigenvalue weighted by molar-refractivity contribution is 0.641. The molecule has 1 atom stereocenters. The van der Waals surface area contributed by atoms with Gasteiger partial charge in [0.05, 0.1) is 0 Å². The third-order valence-corrected chi connectivity index (χ3v) is 5.06. The molecule has 21 heavy (non-hydrogen) atoms. The van der Waals surface area contributed by atoms with Gasteiger partial charge < -0.3 is 5.73 Å². The van der Waals surface area contributed by atoms with Crippen LogP contribution in [0.4, 0.5) is 0 Å². The van der Waals surface area contributed by atoms with E-state index in [1.807, 2.05) is 11.8 Å². The molecule has 0 aliphatic heterocycles. The van der Waals surface area contributed by atoms with Crippen LogP contribution in [0.5, 0.6) is 0 Å². The first-order valence-corrected chi connectivity index (χ1v) is 8.41. The van der Waals surface area contributed by atoms with Crippen molar-refractivity contribution < 1.29 is 0 Å². The van der Waals surface area contributed by atoms with Crippen molar-refractivity contribution in [3.8, 4) is 0 Å². The van der Waals surface area contributed by atoms with Gasteiger partial charge in [0.15, 0.2) is 0 Å². The van der Waals surface area contributed by atoms with Crippen molar-refractivity contribution in [1.29, 1.82) is 0 Å². The summed E-state index contributed by atoms with van der Waals surface area (Å²) in [6, 6.07) is 13.6. The van der Waals surface area contributed by atoms with E-state index in [1.165, 1.54) is 32.0 Å². The minimum absolute atomic E-state index is 0.241. The van der Waals surface area contributed by atoms with E-state index in [9.17, 15) is 0 Å². The van der Waals surface area contributed by atoms with E-state index in [-0.39, 0.29) is 6.04 Å². The summed E-state index contributed by atoms with van der Waals surface area (Å²) in [6.07, 6.45) is 1.97. The molecule has 1 nitrogen and oxygen atoms in total. The Bertz CT molecular complexity index is 619. The number of benzene rings is 2. The van der Waals surface area contributed by atoms with Crippen LogP contribution < -0.4 is 5.73 Å². The molecular formula is C19H25NS. The van der Waals surface area contributed by atoms with Crippen molar-refractivity contribution in [1.82, 2.24) is 0 Å². The predicted octanol–water partition coefficient (Wildman–Crippen LogP) is 5.04. The zero-order valence-electron chi connectivity index (χ0n) is 13.4. The SMILES string of the molecule is CCC(N)Cc1cc(C)ccc1Sc1cc(C)ccc1C. The summed E-state index contributed by atoms with van der Waals surface area (Å²) < 4.78 is 0. The zero-order chi connectivity index (χ0) is 15.4. The van der Waals surface area contributed by atoms with Gasteiger partial charge in [-0.1, -0.05) is 48.5 Å². The largest absolute Gasteiger partial charge is 0.327 e. The van der Waals surface area contributed by atoms with E-state index in [0.29, 0.717) is 0 Å². The third-order valence-electron chi connectivity index (χ3n) is 3.79. The Balaban J connectivity index is 2.32. The van der Waals surface area contributed by atoms with Crippen LogP contribution in [0, 0.1) is 20.8 Å². The van der Waals surface area contributed by atoms with Gasteiger partial charge in [0.2, 0.25) is 0 Å². The molecular weight excluding hydrogens is 274 g/mol. The van der Waals surface area contributed by atoms with Gasteiger partial charge in [0.25, 0.3) is 0 Å². The molecule has 2 N–H and O–H groups in total. The second kappa shape index (κ2) is 7.15. The summed E-state index contributed by atoms with van der Waals surface area (Å²) in [5, 5.41) is 0. The van der Waals surface area contributed by atoms with Crippen LogP contribution in [0.3, 0.4) is 0 Å². The molecule has 2 heteroatoms. The zero-order valence-corrected chi connectivity index (χ0v) is 14.3. The topological polar surface area (TPSA) is 26.0 Å². The predicted molar refractivity (Wildman–Crippen MR) is 93.2 cm³/mol. The summed E-state index contributed by atoms with van der Waals surface area (Å²) in [6.45, 7) is 8.62. The van der Waals surface area contributed by atoms with Crippen LogP contribution in [0.15, 0.2) is 46.2 Å². The fourth-order valence-corrected chi connectivity index (χ4v) is 3.45. The van der Waals surface area contributed by atoms with Crippen LogP contribution in [0.25, 0.3) is 0 Å². The Hall–Kier alpha value is -1.25. The van der Waals surface area contributed by atoms with Gasteiger partial charge >= 0.3 is 0 Å². The molecule has 0 saturated carbocycles. The van der Waals surface area contributed by atoms with Gasteiger partial charge in [-0.05, 0) is 62.4 Å². The molecule has 0 amide bonds. The molecule has 0 bridgehead atoms. The number of nitrogens with two attached hydrogens (primary N) is 1.